The number of rotatable bonds is 7. The van der Waals surface area contributed by atoms with Crippen LogP contribution in [0.3, 0.4) is 0 Å². The molecular weight excluding hydrogens is 685 g/mol. The van der Waals surface area contributed by atoms with Crippen molar-refractivity contribution in [3.8, 4) is 5.75 Å². The number of alkyl halides is 7. The molecule has 6 nitrogen and oxygen atoms in total. The van der Waals surface area contributed by atoms with E-state index in [2.05, 4.69) is 31.9 Å². The molecule has 0 radical (unpaired) electrons. The summed E-state index contributed by atoms with van der Waals surface area (Å²) in [5.74, 6) is -1.23. The van der Waals surface area contributed by atoms with Crippen LogP contribution in [0.2, 0.25) is 0 Å². The second kappa shape index (κ2) is 11.4. The van der Waals surface area contributed by atoms with Crippen molar-refractivity contribution in [2.24, 2.45) is 0 Å². The molecule has 0 N–H and O–H groups in total. The Morgan fingerprint density at radius 2 is 1.48 bits per heavy atom. The first-order valence-corrected chi connectivity index (χ1v) is 12.5. The summed E-state index contributed by atoms with van der Waals surface area (Å²) in [5, 5.41) is 11.2. The number of ketones is 1. The molecule has 0 saturated carbocycles. The van der Waals surface area contributed by atoms with Crippen LogP contribution in [0.15, 0.2) is 63.8 Å². The molecule has 3 aromatic rings. The van der Waals surface area contributed by atoms with Gasteiger partial charge in [0.15, 0.2) is 18.2 Å². The number of amides is 1. The van der Waals surface area contributed by atoms with Gasteiger partial charge in [-0.25, -0.2) is 4.39 Å². The van der Waals surface area contributed by atoms with Crippen LogP contribution in [0, 0.1) is 5.21 Å². The maximum Gasteiger partial charge on any atom is 0.435 e. The smallest absolute Gasteiger partial charge is 0.435 e. The number of hydrogen-bond acceptors (Lipinski definition) is 4. The summed E-state index contributed by atoms with van der Waals surface area (Å²) >= 11 is 5.71. The summed E-state index contributed by atoms with van der Waals surface area (Å²) in [5.41, 5.74) is -7.22. The fourth-order valence-corrected chi connectivity index (χ4v) is 5.58. The molecule has 0 fully saturated rings. The molecule has 40 heavy (non-hydrogen) atoms. The maximum atomic E-state index is 14.6. The number of benzene rings is 2. The number of anilines is 1. The topological polar surface area (TPSA) is 73.5 Å². The summed E-state index contributed by atoms with van der Waals surface area (Å²) in [7, 11) is 2.42. The van der Waals surface area contributed by atoms with E-state index in [1.165, 1.54) is 44.5 Å². The molecule has 0 unspecified atom stereocenters. The lowest BCUT2D eigenvalue weighted by Gasteiger charge is -2.31. The molecule has 0 aliphatic carbocycles. The van der Waals surface area contributed by atoms with Crippen LogP contribution >= 0.6 is 31.9 Å². The molecule has 1 amide bonds. The number of aromatic nitrogens is 1. The van der Waals surface area contributed by atoms with Gasteiger partial charge in [0.2, 0.25) is 0 Å². The number of carbonyl (C=O) groups excluding carboxylic acids is 2. The van der Waals surface area contributed by atoms with E-state index in [4.69, 9.17) is 4.74 Å². The van der Waals surface area contributed by atoms with Crippen LogP contribution < -0.4 is 14.4 Å². The Kier molecular flexibility index (Phi) is 8.89. The summed E-state index contributed by atoms with van der Waals surface area (Å²) in [4.78, 5) is 27.0. The predicted molar refractivity (Wildman–Crippen MR) is 136 cm³/mol. The number of hydrogen-bond donors (Lipinski definition) is 0. The van der Waals surface area contributed by atoms with Gasteiger partial charge in [0.1, 0.15) is 5.75 Å². The number of carbonyl (C=O) groups is 2. The van der Waals surface area contributed by atoms with Crippen molar-refractivity contribution >= 4 is 49.2 Å². The van der Waals surface area contributed by atoms with Crippen LogP contribution in [-0.2, 0) is 12.1 Å². The molecule has 214 valence electrons. The van der Waals surface area contributed by atoms with Crippen molar-refractivity contribution in [2.75, 3.05) is 19.1 Å². The summed E-state index contributed by atoms with van der Waals surface area (Å²) in [6.07, 6.45) is -10.6. The minimum absolute atomic E-state index is 0.0108. The molecule has 0 saturated heterocycles. The number of pyridine rings is 1. The highest BCUT2D eigenvalue weighted by molar-refractivity contribution is 9.11. The highest BCUT2D eigenvalue weighted by Gasteiger charge is 2.73. The Morgan fingerprint density at radius 3 is 1.95 bits per heavy atom. The molecule has 3 rings (SSSR count). The van der Waals surface area contributed by atoms with Crippen LogP contribution in [0.1, 0.15) is 31.8 Å². The third-order valence-electron chi connectivity index (χ3n) is 5.84. The maximum absolute atomic E-state index is 14.6. The van der Waals surface area contributed by atoms with Crippen molar-refractivity contribution in [3.63, 3.8) is 0 Å². The molecule has 0 atom stereocenters. The van der Waals surface area contributed by atoms with E-state index in [1.54, 1.807) is 0 Å². The second-order valence-electron chi connectivity index (χ2n) is 8.35. The first kappa shape index (κ1) is 31.3. The van der Waals surface area contributed by atoms with E-state index >= 15 is 0 Å². The van der Waals surface area contributed by atoms with E-state index in [0.717, 1.165) is 17.3 Å². The predicted octanol–water partition coefficient (Wildman–Crippen LogP) is 6.85. The Bertz CT molecular complexity index is 1410. The molecule has 0 aliphatic rings. The molecule has 1 aromatic heterocycles. The quantitative estimate of drug-likeness (QED) is 0.117. The third-order valence-corrected chi connectivity index (χ3v) is 7.05. The number of para-hydroxylation sites is 1. The minimum atomic E-state index is -6.32. The van der Waals surface area contributed by atoms with Gasteiger partial charge in [0.25, 0.3) is 5.91 Å². The standard InChI is InChI=1S/C25H17Br2F7N2O4/c1-35(20-17(26)11-15(12-18(20)27)23(28,24(29,30)31)25(32,33)34)22(38)16-5-3-4-14(21(16)40-2)10-19(37)13-6-8-36(39)9-7-13/h3-9,11-12H,10H2,1-2H3. The Balaban J connectivity index is 2.01. The van der Waals surface area contributed by atoms with Crippen LogP contribution in [0.5, 0.6) is 5.75 Å². The highest BCUT2D eigenvalue weighted by atomic mass is 79.9. The monoisotopic (exact) mass is 700 g/mol. The van der Waals surface area contributed by atoms with Crippen molar-refractivity contribution < 1.29 is 49.8 Å². The number of ether oxygens (including phenoxy) is 1. The summed E-state index contributed by atoms with van der Waals surface area (Å²) in [6, 6.07) is 7.51. The van der Waals surface area contributed by atoms with Crippen molar-refractivity contribution in [1.82, 2.24) is 0 Å². The Morgan fingerprint density at radius 1 is 0.950 bits per heavy atom. The minimum Gasteiger partial charge on any atom is -0.619 e. The van der Waals surface area contributed by atoms with Crippen molar-refractivity contribution in [3.05, 3.63) is 91.3 Å². The largest absolute Gasteiger partial charge is 0.619 e. The number of halogens is 9. The second-order valence-corrected chi connectivity index (χ2v) is 10.1. The number of methoxy groups -OCH3 is 1. The van der Waals surface area contributed by atoms with Gasteiger partial charge < -0.3 is 14.8 Å². The molecule has 0 aliphatic heterocycles. The summed E-state index contributed by atoms with van der Waals surface area (Å²) in [6.45, 7) is 0. The van der Waals surface area contributed by atoms with Crippen LogP contribution in [0.4, 0.5) is 36.4 Å². The summed E-state index contributed by atoms with van der Waals surface area (Å²) < 4.78 is 99.1. The normalized spacial score (nSPS) is 12.3. The zero-order valence-electron chi connectivity index (χ0n) is 20.3. The molecule has 1 heterocycles. The van der Waals surface area contributed by atoms with Gasteiger partial charge in [-0.2, -0.15) is 31.1 Å². The van der Waals surface area contributed by atoms with Crippen LogP contribution in [0.25, 0.3) is 0 Å². The molecule has 0 bridgehead atoms. The molecular formula is C25H17Br2F7N2O4. The Hall–Kier alpha value is -3.20. The fourth-order valence-electron chi connectivity index (χ4n) is 3.86. The average molecular weight is 702 g/mol. The first-order chi connectivity index (χ1) is 18.4. The highest BCUT2D eigenvalue weighted by Crippen LogP contribution is 2.54. The van der Waals surface area contributed by atoms with E-state index in [-0.39, 0.29) is 34.5 Å². The van der Waals surface area contributed by atoms with E-state index in [1.807, 2.05) is 0 Å². The van der Waals surface area contributed by atoms with E-state index < -0.39 is 44.2 Å². The lowest BCUT2D eigenvalue weighted by Crippen LogP contribution is -2.50. The van der Waals surface area contributed by atoms with Gasteiger partial charge in [-0.15, -0.1) is 0 Å². The van der Waals surface area contributed by atoms with Gasteiger partial charge in [0, 0.05) is 51.2 Å². The van der Waals surface area contributed by atoms with Gasteiger partial charge in [-0.1, -0.05) is 12.1 Å². The molecule has 0 spiro atoms. The Labute approximate surface area is 239 Å². The van der Waals surface area contributed by atoms with Gasteiger partial charge in [-0.05, 0) is 50.1 Å². The lowest BCUT2D eigenvalue weighted by molar-refractivity contribution is -0.605. The zero-order chi connectivity index (χ0) is 30.2. The fraction of sp³-hybridized carbons (Fsp3) is 0.240. The zero-order valence-corrected chi connectivity index (χ0v) is 23.5. The lowest BCUT2D eigenvalue weighted by atomic mass is 9.94. The van der Waals surface area contributed by atoms with Crippen molar-refractivity contribution in [1.29, 1.82) is 0 Å². The number of Topliss-reactive ketones (excluding diaryl/α,β-unsaturated/α-hetero) is 1. The van der Waals surface area contributed by atoms with Crippen molar-refractivity contribution in [2.45, 2.75) is 24.4 Å². The average Bonchev–Trinajstić information content (AvgIpc) is 2.86. The van der Waals surface area contributed by atoms with Gasteiger partial charge >= 0.3 is 18.0 Å². The third kappa shape index (κ3) is 5.80. The molecule has 15 heteroatoms. The van der Waals surface area contributed by atoms with Crippen LogP contribution in [-0.4, -0.2) is 38.2 Å². The van der Waals surface area contributed by atoms with E-state index in [9.17, 15) is 45.5 Å². The number of nitrogens with zero attached hydrogens (tertiary/aromatic N) is 2. The SMILES string of the molecule is COc1c(CC(=O)c2cc[n+]([O-])cc2)cccc1C(=O)N(C)c1c(Br)cc(C(F)(C(F)(F)F)C(F)(F)F)cc1Br. The van der Waals surface area contributed by atoms with Gasteiger partial charge in [0.05, 0.1) is 18.4 Å². The van der Waals surface area contributed by atoms with Gasteiger partial charge in [-0.3, -0.25) is 9.59 Å². The van der Waals surface area contributed by atoms with E-state index in [0.29, 0.717) is 16.9 Å². The first-order valence-electron chi connectivity index (χ1n) is 10.9. The molecule has 2 aromatic carbocycles.